The van der Waals surface area contributed by atoms with Crippen molar-refractivity contribution in [1.82, 2.24) is 0 Å². The molecule has 5 heteroatoms. The van der Waals surface area contributed by atoms with Gasteiger partial charge in [-0.15, -0.1) is 11.8 Å². The van der Waals surface area contributed by atoms with Crippen molar-refractivity contribution < 1.29 is 14.3 Å². The van der Waals surface area contributed by atoms with Crippen LogP contribution in [0.3, 0.4) is 0 Å². The average Bonchev–Trinajstić information content (AvgIpc) is 2.81. The van der Waals surface area contributed by atoms with Crippen molar-refractivity contribution in [2.75, 3.05) is 19.5 Å². The van der Waals surface area contributed by atoms with E-state index in [0.717, 1.165) is 17.9 Å². The highest BCUT2D eigenvalue weighted by Crippen LogP contribution is 2.31. The summed E-state index contributed by atoms with van der Waals surface area (Å²) in [7, 11) is 0. The summed E-state index contributed by atoms with van der Waals surface area (Å²) < 4.78 is 11.1. The summed E-state index contributed by atoms with van der Waals surface area (Å²) >= 11 is 7.04. The van der Waals surface area contributed by atoms with Crippen molar-refractivity contribution >= 4 is 28.6 Å². The third-order valence-electron chi connectivity index (χ3n) is 2.57. The number of halogens is 1. The molecule has 0 N–H and O–H groups in total. The number of hydrogen-bond donors (Lipinski definition) is 0. The smallest absolute Gasteiger partial charge is 0.252 e. The fourth-order valence-electron chi connectivity index (χ4n) is 1.68. The normalized spacial score (nSPS) is 19.3. The molecule has 1 saturated heterocycles. The maximum absolute atomic E-state index is 11.1. The fourth-order valence-corrected chi connectivity index (χ4v) is 2.31. The first kappa shape index (κ1) is 12.7. The third kappa shape index (κ3) is 3.15. The summed E-state index contributed by atoms with van der Waals surface area (Å²) in [6, 6.07) is 5.25. The average molecular weight is 273 g/mol. The summed E-state index contributed by atoms with van der Waals surface area (Å²) in [5.74, 6) is 0.708. The monoisotopic (exact) mass is 272 g/mol. The Balaban J connectivity index is 2.21. The maximum Gasteiger partial charge on any atom is 0.252 e. The molecule has 1 aliphatic heterocycles. The Bertz CT molecular complexity index is 416. The van der Waals surface area contributed by atoms with Gasteiger partial charge < -0.3 is 9.47 Å². The van der Waals surface area contributed by atoms with Crippen molar-refractivity contribution in [1.29, 1.82) is 0 Å². The summed E-state index contributed by atoms with van der Waals surface area (Å²) in [5.41, 5.74) is 0.457. The Morgan fingerprint density at radius 3 is 3.00 bits per heavy atom. The molecular weight excluding hydrogens is 260 g/mol. The first-order valence-electron chi connectivity index (χ1n) is 5.33. The standard InChI is InChI=1S/C12H13ClO3S/c1-17-11-3-2-8(12(13)14)6-10(11)16-9-4-5-15-7-9/h2-3,6,9H,4-5,7H2,1H3. The van der Waals surface area contributed by atoms with Crippen LogP contribution < -0.4 is 4.74 Å². The first-order chi connectivity index (χ1) is 8.20. The third-order valence-corrected chi connectivity index (χ3v) is 3.57. The van der Waals surface area contributed by atoms with Gasteiger partial charge in [-0.05, 0) is 36.1 Å². The molecule has 1 fully saturated rings. The van der Waals surface area contributed by atoms with Crippen molar-refractivity contribution in [3.05, 3.63) is 23.8 Å². The summed E-state index contributed by atoms with van der Waals surface area (Å²) in [5, 5.41) is -0.467. The number of benzene rings is 1. The van der Waals surface area contributed by atoms with Crippen molar-refractivity contribution in [3.8, 4) is 5.75 Å². The molecule has 17 heavy (non-hydrogen) atoms. The van der Waals surface area contributed by atoms with Gasteiger partial charge in [-0.25, -0.2) is 0 Å². The van der Waals surface area contributed by atoms with Gasteiger partial charge in [0.2, 0.25) is 0 Å². The molecule has 0 aromatic heterocycles. The van der Waals surface area contributed by atoms with Gasteiger partial charge in [0.05, 0.1) is 13.2 Å². The van der Waals surface area contributed by atoms with Crippen LogP contribution in [-0.2, 0) is 4.74 Å². The predicted octanol–water partition coefficient (Wildman–Crippen LogP) is 2.96. The van der Waals surface area contributed by atoms with E-state index in [2.05, 4.69) is 0 Å². The van der Waals surface area contributed by atoms with E-state index >= 15 is 0 Å². The molecule has 1 aromatic carbocycles. The van der Waals surface area contributed by atoms with E-state index in [9.17, 15) is 4.79 Å². The van der Waals surface area contributed by atoms with E-state index in [1.54, 1.807) is 23.9 Å². The number of carbonyl (C=O) groups is 1. The van der Waals surface area contributed by atoms with E-state index in [4.69, 9.17) is 21.1 Å². The summed E-state index contributed by atoms with van der Waals surface area (Å²) in [4.78, 5) is 12.1. The van der Waals surface area contributed by atoms with Crippen LogP contribution in [0.15, 0.2) is 23.1 Å². The largest absolute Gasteiger partial charge is 0.487 e. The minimum Gasteiger partial charge on any atom is -0.487 e. The van der Waals surface area contributed by atoms with Crippen LogP contribution >= 0.6 is 23.4 Å². The summed E-state index contributed by atoms with van der Waals surface area (Å²) in [6.07, 6.45) is 2.92. The van der Waals surface area contributed by atoms with Gasteiger partial charge in [-0.1, -0.05) is 0 Å². The van der Waals surface area contributed by atoms with Crippen LogP contribution in [0.25, 0.3) is 0 Å². The molecule has 0 bridgehead atoms. The molecule has 1 atom stereocenters. The lowest BCUT2D eigenvalue weighted by molar-refractivity contribution is 0.108. The van der Waals surface area contributed by atoms with Crippen LogP contribution in [0.5, 0.6) is 5.75 Å². The van der Waals surface area contributed by atoms with E-state index in [1.165, 1.54) is 0 Å². The molecule has 92 valence electrons. The van der Waals surface area contributed by atoms with E-state index < -0.39 is 5.24 Å². The Kier molecular flexibility index (Phi) is 4.31. The second kappa shape index (κ2) is 5.76. The number of hydrogen-bond acceptors (Lipinski definition) is 4. The lowest BCUT2D eigenvalue weighted by Gasteiger charge is -2.15. The Morgan fingerprint density at radius 1 is 1.59 bits per heavy atom. The summed E-state index contributed by atoms with van der Waals surface area (Å²) in [6.45, 7) is 1.33. The minimum atomic E-state index is -0.467. The lowest BCUT2D eigenvalue weighted by atomic mass is 10.2. The van der Waals surface area contributed by atoms with Crippen LogP contribution in [0.1, 0.15) is 16.8 Å². The number of carbonyl (C=O) groups excluding carboxylic acids is 1. The second-order valence-corrected chi connectivity index (χ2v) is 4.93. The van der Waals surface area contributed by atoms with Crippen LogP contribution in [0, 0.1) is 0 Å². The second-order valence-electron chi connectivity index (χ2n) is 3.74. The van der Waals surface area contributed by atoms with Gasteiger partial charge in [0.1, 0.15) is 11.9 Å². The molecule has 3 nitrogen and oxygen atoms in total. The molecule has 1 unspecified atom stereocenters. The van der Waals surface area contributed by atoms with Gasteiger partial charge in [-0.3, -0.25) is 4.79 Å². The number of rotatable bonds is 4. The molecule has 0 amide bonds. The highest BCUT2D eigenvalue weighted by atomic mass is 35.5. The molecule has 1 aromatic rings. The molecule has 1 aliphatic rings. The predicted molar refractivity (Wildman–Crippen MR) is 68.3 cm³/mol. The highest BCUT2D eigenvalue weighted by Gasteiger charge is 2.19. The van der Waals surface area contributed by atoms with Gasteiger partial charge in [0.15, 0.2) is 0 Å². The molecule has 1 heterocycles. The first-order valence-corrected chi connectivity index (χ1v) is 6.93. The molecule has 2 rings (SSSR count). The molecule has 0 saturated carbocycles. The Morgan fingerprint density at radius 2 is 2.41 bits per heavy atom. The molecule has 0 aliphatic carbocycles. The van der Waals surface area contributed by atoms with E-state index in [-0.39, 0.29) is 6.10 Å². The number of ether oxygens (including phenoxy) is 2. The van der Waals surface area contributed by atoms with E-state index in [1.807, 2.05) is 12.3 Å². The minimum absolute atomic E-state index is 0.0709. The quantitative estimate of drug-likeness (QED) is 0.624. The van der Waals surface area contributed by atoms with E-state index in [0.29, 0.717) is 17.9 Å². The zero-order valence-corrected chi connectivity index (χ0v) is 11.0. The maximum atomic E-state index is 11.1. The molecule has 0 spiro atoms. The topological polar surface area (TPSA) is 35.5 Å². The SMILES string of the molecule is CSc1ccc(C(=O)Cl)cc1OC1CCOC1. The molecule has 0 radical (unpaired) electrons. The Labute approximate surface area is 109 Å². The van der Waals surface area contributed by atoms with Gasteiger partial charge in [0.25, 0.3) is 5.24 Å². The van der Waals surface area contributed by atoms with Crippen molar-refractivity contribution in [2.45, 2.75) is 17.4 Å². The zero-order valence-electron chi connectivity index (χ0n) is 9.44. The van der Waals surface area contributed by atoms with Gasteiger partial charge >= 0.3 is 0 Å². The van der Waals surface area contributed by atoms with Crippen molar-refractivity contribution in [3.63, 3.8) is 0 Å². The van der Waals surface area contributed by atoms with Gasteiger partial charge in [-0.2, -0.15) is 0 Å². The molecular formula is C12H13ClO3S. The fraction of sp³-hybridized carbons (Fsp3) is 0.417. The number of thioether (sulfide) groups is 1. The van der Waals surface area contributed by atoms with Crippen LogP contribution in [-0.4, -0.2) is 30.8 Å². The van der Waals surface area contributed by atoms with Crippen LogP contribution in [0.2, 0.25) is 0 Å². The van der Waals surface area contributed by atoms with Crippen LogP contribution in [0.4, 0.5) is 0 Å². The highest BCUT2D eigenvalue weighted by molar-refractivity contribution is 7.98. The Hall–Kier alpha value is -0.710. The lowest BCUT2D eigenvalue weighted by Crippen LogP contribution is -2.16. The zero-order chi connectivity index (χ0) is 12.3. The van der Waals surface area contributed by atoms with Gasteiger partial charge in [0, 0.05) is 16.9 Å². The van der Waals surface area contributed by atoms with Crippen molar-refractivity contribution in [2.24, 2.45) is 0 Å².